The van der Waals surface area contributed by atoms with E-state index in [1.165, 1.54) is 0 Å². The summed E-state index contributed by atoms with van der Waals surface area (Å²) < 4.78 is 23.6. The van der Waals surface area contributed by atoms with E-state index >= 15 is 0 Å². The molecule has 0 aromatic rings. The van der Waals surface area contributed by atoms with Crippen molar-refractivity contribution in [1.82, 2.24) is 16.0 Å². The maximum absolute atomic E-state index is 12.9. The molecular formula is C25H47N7O12. The maximum Gasteiger partial charge on any atom is 0.253 e. The zero-order valence-corrected chi connectivity index (χ0v) is 24.0. The van der Waals surface area contributed by atoms with Crippen LogP contribution in [0.2, 0.25) is 0 Å². The van der Waals surface area contributed by atoms with Crippen molar-refractivity contribution in [2.24, 2.45) is 22.9 Å². The van der Waals surface area contributed by atoms with Crippen molar-refractivity contribution in [3.8, 4) is 0 Å². The molecule has 18 N–H and O–H groups in total. The molecule has 19 heteroatoms. The van der Waals surface area contributed by atoms with Crippen LogP contribution in [-0.4, -0.2) is 177 Å². The summed E-state index contributed by atoms with van der Waals surface area (Å²) in [5, 5.41) is 83.1. The van der Waals surface area contributed by atoms with Gasteiger partial charge in [-0.1, -0.05) is 0 Å². The average molecular weight is 638 g/mol. The second-order valence-electron chi connectivity index (χ2n) is 12.5. The lowest BCUT2D eigenvalue weighted by molar-refractivity contribution is -0.321. The molecule has 5 fully saturated rings. The van der Waals surface area contributed by atoms with Crippen LogP contribution >= 0.6 is 0 Å². The fourth-order valence-electron chi connectivity index (χ4n) is 6.20. The van der Waals surface area contributed by atoms with Gasteiger partial charge < -0.3 is 93.6 Å². The summed E-state index contributed by atoms with van der Waals surface area (Å²) in [6.07, 6.45) is -15.1. The predicted octanol–water partition coefficient (Wildman–Crippen LogP) is -9.10. The molecule has 3 saturated heterocycles. The van der Waals surface area contributed by atoms with Crippen LogP contribution in [-0.2, 0) is 23.7 Å². The number of rotatable bonds is 10. The Morgan fingerprint density at radius 1 is 0.909 bits per heavy atom. The van der Waals surface area contributed by atoms with Gasteiger partial charge in [0.05, 0.1) is 24.7 Å². The zero-order chi connectivity index (χ0) is 32.1. The highest BCUT2D eigenvalue weighted by molar-refractivity contribution is 5.89. The Labute approximate surface area is 253 Å². The van der Waals surface area contributed by atoms with Crippen molar-refractivity contribution in [2.75, 3.05) is 26.2 Å². The molecule has 2 saturated carbocycles. The summed E-state index contributed by atoms with van der Waals surface area (Å²) >= 11 is 0. The third-order valence-corrected chi connectivity index (χ3v) is 9.37. The largest absolute Gasteiger partial charge is 0.394 e. The van der Waals surface area contributed by atoms with Crippen LogP contribution in [0.4, 0.5) is 0 Å². The predicted molar refractivity (Wildman–Crippen MR) is 147 cm³/mol. The number of amides is 1. The molecular weight excluding hydrogens is 590 g/mol. The number of hydrogen-bond acceptors (Lipinski definition) is 18. The fourth-order valence-corrected chi connectivity index (χ4v) is 6.20. The first-order valence-electron chi connectivity index (χ1n) is 14.9. The van der Waals surface area contributed by atoms with Crippen LogP contribution < -0.4 is 38.9 Å². The standard InChI is InChI=1S/C25H47N7O12/c26-3-10-16(35)18(37)14(31-7-4-30-5-7)22(41-10)43-20-8(27)1-9(32-24(39)25(40)2-12(25)28)21(19(20)38)44-23-17(36)13(29)15(34)11(6-33)42-23/h7-23,30-31,33-38,40H,1-6,26-29H2,(H,32,39)/t8-,9+,10+,11+,12?,13-,14+,15+,16+,17+,18+,19-,20?,21-,22+,23+,25?/m0/s1. The number of nitrogens with one attached hydrogen (secondary N) is 3. The Hall–Kier alpha value is -1.21. The molecule has 0 radical (unpaired) electrons. The zero-order valence-electron chi connectivity index (χ0n) is 24.0. The summed E-state index contributed by atoms with van der Waals surface area (Å²) in [6.45, 7) is 0.396. The van der Waals surface area contributed by atoms with Gasteiger partial charge in [0.1, 0.15) is 54.9 Å². The monoisotopic (exact) mass is 637 g/mol. The lowest BCUT2D eigenvalue weighted by Crippen LogP contribution is -2.72. The lowest BCUT2D eigenvalue weighted by atomic mass is 9.83. The van der Waals surface area contributed by atoms with Crippen LogP contribution in [0.15, 0.2) is 0 Å². The Bertz CT molecular complexity index is 1000. The van der Waals surface area contributed by atoms with Gasteiger partial charge in [0.15, 0.2) is 18.2 Å². The molecule has 44 heavy (non-hydrogen) atoms. The first-order chi connectivity index (χ1) is 20.8. The minimum atomic E-state index is -1.82. The molecule has 17 atom stereocenters. The van der Waals surface area contributed by atoms with Gasteiger partial charge >= 0.3 is 0 Å². The van der Waals surface area contributed by atoms with Gasteiger partial charge in [-0.05, 0) is 6.42 Å². The van der Waals surface area contributed by atoms with Crippen molar-refractivity contribution in [1.29, 1.82) is 0 Å². The molecule has 254 valence electrons. The van der Waals surface area contributed by atoms with Crippen molar-refractivity contribution >= 4 is 5.91 Å². The Balaban J connectivity index is 1.38. The number of carbonyl (C=O) groups is 1. The number of aliphatic hydroxyl groups excluding tert-OH is 6. The molecule has 0 bridgehead atoms. The van der Waals surface area contributed by atoms with E-state index in [0.29, 0.717) is 13.1 Å². The first kappa shape index (κ1) is 34.1. The van der Waals surface area contributed by atoms with Gasteiger partial charge in [0, 0.05) is 44.2 Å². The van der Waals surface area contributed by atoms with Crippen molar-refractivity contribution in [2.45, 2.75) is 122 Å². The van der Waals surface area contributed by atoms with Crippen molar-refractivity contribution in [3.63, 3.8) is 0 Å². The van der Waals surface area contributed by atoms with E-state index in [9.17, 15) is 40.5 Å². The number of carbonyl (C=O) groups excluding carboxylic acids is 1. The number of aliphatic hydroxyl groups is 7. The summed E-state index contributed by atoms with van der Waals surface area (Å²) in [5.41, 5.74) is 22.1. The van der Waals surface area contributed by atoms with Gasteiger partial charge in [-0.2, -0.15) is 0 Å². The maximum atomic E-state index is 12.9. The number of nitrogens with two attached hydrogens (primary N) is 4. The van der Waals surface area contributed by atoms with Crippen molar-refractivity contribution < 1.29 is 59.5 Å². The average Bonchev–Trinajstić information content (AvgIpc) is 3.60. The van der Waals surface area contributed by atoms with Crippen molar-refractivity contribution in [3.05, 3.63) is 0 Å². The van der Waals surface area contributed by atoms with E-state index in [0.717, 1.165) is 0 Å². The third kappa shape index (κ3) is 6.49. The van der Waals surface area contributed by atoms with E-state index in [4.69, 9.17) is 41.9 Å². The van der Waals surface area contributed by atoms with Crippen LogP contribution in [0.3, 0.4) is 0 Å². The van der Waals surface area contributed by atoms with E-state index < -0.39 is 116 Å². The highest BCUT2D eigenvalue weighted by Crippen LogP contribution is 2.36. The summed E-state index contributed by atoms with van der Waals surface area (Å²) in [5.74, 6) is -0.815. The topological polar surface area (TPSA) is 336 Å². The Kier molecular flexibility index (Phi) is 10.5. The van der Waals surface area contributed by atoms with E-state index in [2.05, 4.69) is 16.0 Å². The molecule has 3 aliphatic heterocycles. The van der Waals surface area contributed by atoms with E-state index in [1.54, 1.807) is 0 Å². The van der Waals surface area contributed by atoms with Crippen LogP contribution in [0.1, 0.15) is 12.8 Å². The highest BCUT2D eigenvalue weighted by Gasteiger charge is 2.59. The van der Waals surface area contributed by atoms with E-state index in [1.807, 2.05) is 0 Å². The summed E-state index contributed by atoms with van der Waals surface area (Å²) in [4.78, 5) is 12.9. The lowest BCUT2D eigenvalue weighted by Gasteiger charge is -2.50. The smallest absolute Gasteiger partial charge is 0.253 e. The normalized spacial score (nSPS) is 51.4. The molecule has 5 rings (SSSR count). The molecule has 3 heterocycles. The molecule has 3 unspecified atom stereocenters. The second-order valence-corrected chi connectivity index (χ2v) is 12.5. The Morgan fingerprint density at radius 2 is 1.55 bits per heavy atom. The summed E-state index contributed by atoms with van der Waals surface area (Å²) in [7, 11) is 0. The fraction of sp³-hybridized carbons (Fsp3) is 0.960. The van der Waals surface area contributed by atoms with Gasteiger partial charge in [-0.15, -0.1) is 0 Å². The summed E-state index contributed by atoms with van der Waals surface area (Å²) in [6, 6.07) is -5.13. The Morgan fingerprint density at radius 3 is 2.11 bits per heavy atom. The van der Waals surface area contributed by atoms with Crippen LogP contribution in [0.25, 0.3) is 0 Å². The van der Waals surface area contributed by atoms with Gasteiger partial charge in [-0.3, -0.25) is 4.79 Å². The highest BCUT2D eigenvalue weighted by atomic mass is 16.7. The minimum absolute atomic E-state index is 0.0210. The van der Waals surface area contributed by atoms with Crippen LogP contribution in [0, 0.1) is 0 Å². The SMILES string of the molecule is NC[C@H]1O[C@H](OC2[C@@H](N)C[C@@H](NC(=O)C3(O)CC3N)[C@H](O[C@H]3O[C@H](CO)[C@@H](O)[C@H](N)[C@H]3O)[C@H]2O)[C@H](NC2CNC2)[C@@H](O)[C@@H]1O. The number of ether oxygens (including phenoxy) is 4. The molecule has 5 aliphatic rings. The molecule has 0 aromatic heterocycles. The van der Waals surface area contributed by atoms with Gasteiger partial charge in [0.25, 0.3) is 5.91 Å². The minimum Gasteiger partial charge on any atom is -0.394 e. The molecule has 2 aliphatic carbocycles. The second kappa shape index (κ2) is 13.5. The van der Waals surface area contributed by atoms with Gasteiger partial charge in [-0.25, -0.2) is 0 Å². The molecule has 1 amide bonds. The molecule has 19 nitrogen and oxygen atoms in total. The molecule has 0 aromatic carbocycles. The number of hydrogen-bond donors (Lipinski definition) is 14. The van der Waals surface area contributed by atoms with Crippen LogP contribution in [0.5, 0.6) is 0 Å². The third-order valence-electron chi connectivity index (χ3n) is 9.37. The van der Waals surface area contributed by atoms with Gasteiger partial charge in [0.2, 0.25) is 0 Å². The van der Waals surface area contributed by atoms with E-state index in [-0.39, 0.29) is 25.4 Å². The quantitative estimate of drug-likeness (QED) is 0.106. The first-order valence-corrected chi connectivity index (χ1v) is 14.9. The molecule has 0 spiro atoms.